The lowest BCUT2D eigenvalue weighted by molar-refractivity contribution is -0.118. The fraction of sp³-hybridized carbons (Fsp3) is 0.412. The van der Waals surface area contributed by atoms with Gasteiger partial charge in [0.1, 0.15) is 0 Å². The number of amides is 1. The van der Waals surface area contributed by atoms with E-state index in [1.54, 1.807) is 0 Å². The number of fused-ring (bicyclic) bond motifs is 1. The molecule has 1 atom stereocenters. The number of hydrogen-bond acceptors (Lipinski definition) is 3. The average Bonchev–Trinajstić information content (AvgIpc) is 2.79. The van der Waals surface area contributed by atoms with Crippen LogP contribution in [-0.2, 0) is 4.79 Å². The lowest BCUT2D eigenvalue weighted by Crippen LogP contribution is -2.41. The quantitative estimate of drug-likeness (QED) is 0.942. The second-order valence-corrected chi connectivity index (χ2v) is 5.95. The molecule has 1 saturated heterocycles. The Bertz CT molecular complexity index is 681. The van der Waals surface area contributed by atoms with E-state index in [0.29, 0.717) is 6.04 Å². The molecule has 0 aliphatic carbocycles. The minimum Gasteiger partial charge on any atom is -0.309 e. The second-order valence-electron chi connectivity index (χ2n) is 5.95. The Morgan fingerprint density at radius 3 is 2.86 bits per heavy atom. The van der Waals surface area contributed by atoms with E-state index in [4.69, 9.17) is 0 Å². The fourth-order valence-electron chi connectivity index (χ4n) is 2.92. The number of carbonyl (C=O) groups excluding carboxylic acids is 1. The van der Waals surface area contributed by atoms with Crippen molar-refractivity contribution in [3.63, 3.8) is 0 Å². The van der Waals surface area contributed by atoms with Gasteiger partial charge >= 0.3 is 0 Å². The molecular formula is C17H21N3O. The van der Waals surface area contributed by atoms with E-state index >= 15 is 0 Å². The lowest BCUT2D eigenvalue weighted by Gasteiger charge is -2.19. The monoisotopic (exact) mass is 283 g/mol. The summed E-state index contributed by atoms with van der Waals surface area (Å²) >= 11 is 0. The molecule has 1 aromatic carbocycles. The normalized spacial score (nSPS) is 19.0. The van der Waals surface area contributed by atoms with Gasteiger partial charge in [0, 0.05) is 23.7 Å². The highest BCUT2D eigenvalue weighted by atomic mass is 16.2. The number of benzene rings is 1. The predicted octanol–water partition coefficient (Wildman–Crippen LogP) is 2.65. The molecule has 1 aliphatic rings. The van der Waals surface area contributed by atoms with E-state index in [1.807, 2.05) is 36.1 Å². The Kier molecular flexibility index (Phi) is 3.64. The number of para-hydroxylation sites is 1. The standard InChI is InChI=1S/C17H21N3O/c1-11(2)18-14-9-10-20(17(14)21)15-6-4-5-13-8-7-12(3)19-16(13)15/h4-8,11,14,18H,9-10H2,1-3H3. The van der Waals surface area contributed by atoms with Crippen molar-refractivity contribution in [3.05, 3.63) is 36.0 Å². The lowest BCUT2D eigenvalue weighted by atomic mass is 10.1. The van der Waals surface area contributed by atoms with Gasteiger partial charge in [-0.2, -0.15) is 0 Å². The molecule has 0 saturated carbocycles. The van der Waals surface area contributed by atoms with Gasteiger partial charge in [0.15, 0.2) is 0 Å². The van der Waals surface area contributed by atoms with Gasteiger partial charge in [0.05, 0.1) is 17.2 Å². The summed E-state index contributed by atoms with van der Waals surface area (Å²) in [6, 6.07) is 10.3. The Hall–Kier alpha value is -1.94. The van der Waals surface area contributed by atoms with Gasteiger partial charge in [-0.3, -0.25) is 9.78 Å². The van der Waals surface area contributed by atoms with Gasteiger partial charge in [-0.25, -0.2) is 0 Å². The zero-order valence-corrected chi connectivity index (χ0v) is 12.8. The van der Waals surface area contributed by atoms with Gasteiger partial charge < -0.3 is 10.2 Å². The first-order valence-corrected chi connectivity index (χ1v) is 7.50. The minimum atomic E-state index is -0.0786. The minimum absolute atomic E-state index is 0.0786. The van der Waals surface area contributed by atoms with Crippen LogP contribution in [0.5, 0.6) is 0 Å². The number of rotatable bonds is 3. The average molecular weight is 283 g/mol. The highest BCUT2D eigenvalue weighted by molar-refractivity contribution is 6.05. The van der Waals surface area contributed by atoms with Crippen molar-refractivity contribution < 1.29 is 4.79 Å². The SMILES string of the molecule is Cc1ccc2cccc(N3CCC(NC(C)C)C3=O)c2n1. The van der Waals surface area contributed by atoms with Gasteiger partial charge in [0.25, 0.3) is 0 Å². The first-order chi connectivity index (χ1) is 10.1. The number of nitrogens with one attached hydrogen (secondary N) is 1. The first-order valence-electron chi connectivity index (χ1n) is 7.50. The van der Waals surface area contributed by atoms with Crippen molar-refractivity contribution in [2.24, 2.45) is 0 Å². The maximum atomic E-state index is 12.6. The highest BCUT2D eigenvalue weighted by Crippen LogP contribution is 2.29. The maximum Gasteiger partial charge on any atom is 0.244 e. The molecule has 3 rings (SSSR count). The van der Waals surface area contributed by atoms with Crippen molar-refractivity contribution in [1.82, 2.24) is 10.3 Å². The highest BCUT2D eigenvalue weighted by Gasteiger charge is 2.33. The summed E-state index contributed by atoms with van der Waals surface area (Å²) in [4.78, 5) is 19.1. The molecule has 1 N–H and O–H groups in total. The molecule has 4 nitrogen and oxygen atoms in total. The third-order valence-corrected chi connectivity index (χ3v) is 3.87. The number of nitrogens with zero attached hydrogens (tertiary/aromatic N) is 2. The molecule has 4 heteroatoms. The van der Waals surface area contributed by atoms with E-state index in [2.05, 4.69) is 30.2 Å². The molecular weight excluding hydrogens is 262 g/mol. The van der Waals surface area contributed by atoms with E-state index < -0.39 is 0 Å². The van der Waals surface area contributed by atoms with Crippen LogP contribution in [0.2, 0.25) is 0 Å². The number of hydrogen-bond donors (Lipinski definition) is 1. The number of anilines is 1. The van der Waals surface area contributed by atoms with Crippen LogP contribution < -0.4 is 10.2 Å². The van der Waals surface area contributed by atoms with Gasteiger partial charge in [-0.1, -0.05) is 32.0 Å². The van der Waals surface area contributed by atoms with Crippen molar-refractivity contribution in [2.45, 2.75) is 39.3 Å². The van der Waals surface area contributed by atoms with Crippen LogP contribution >= 0.6 is 0 Å². The molecule has 2 aromatic rings. The summed E-state index contributed by atoms with van der Waals surface area (Å²) in [7, 11) is 0. The molecule has 1 amide bonds. The van der Waals surface area contributed by atoms with Crippen LogP contribution in [0.25, 0.3) is 10.9 Å². The van der Waals surface area contributed by atoms with Crippen LogP contribution in [0.3, 0.4) is 0 Å². The van der Waals surface area contributed by atoms with Crippen LogP contribution in [0, 0.1) is 6.92 Å². The molecule has 0 spiro atoms. The van der Waals surface area contributed by atoms with E-state index in [1.165, 1.54) is 0 Å². The zero-order chi connectivity index (χ0) is 15.0. The summed E-state index contributed by atoms with van der Waals surface area (Å²) in [6.45, 7) is 6.86. The fourth-order valence-corrected chi connectivity index (χ4v) is 2.92. The molecule has 110 valence electrons. The number of aryl methyl sites for hydroxylation is 1. The summed E-state index contributed by atoms with van der Waals surface area (Å²) in [5.41, 5.74) is 2.81. The predicted molar refractivity (Wildman–Crippen MR) is 85.5 cm³/mol. The molecule has 1 fully saturated rings. The molecule has 0 radical (unpaired) electrons. The van der Waals surface area contributed by atoms with Gasteiger partial charge in [-0.15, -0.1) is 0 Å². The Labute approximate surface area is 125 Å². The zero-order valence-electron chi connectivity index (χ0n) is 12.8. The summed E-state index contributed by atoms with van der Waals surface area (Å²) in [5, 5.41) is 4.41. The Balaban J connectivity index is 1.98. The van der Waals surface area contributed by atoms with Crippen molar-refractivity contribution in [3.8, 4) is 0 Å². The summed E-state index contributed by atoms with van der Waals surface area (Å²) < 4.78 is 0. The molecule has 2 heterocycles. The Morgan fingerprint density at radius 2 is 2.10 bits per heavy atom. The maximum absolute atomic E-state index is 12.6. The van der Waals surface area contributed by atoms with E-state index in [9.17, 15) is 4.79 Å². The van der Waals surface area contributed by atoms with E-state index in [-0.39, 0.29) is 11.9 Å². The molecule has 0 bridgehead atoms. The van der Waals surface area contributed by atoms with Gasteiger partial charge in [0.2, 0.25) is 5.91 Å². The van der Waals surface area contributed by atoms with Crippen LogP contribution in [-0.4, -0.2) is 29.5 Å². The molecule has 1 unspecified atom stereocenters. The van der Waals surface area contributed by atoms with Gasteiger partial charge in [-0.05, 0) is 25.5 Å². The summed E-state index contributed by atoms with van der Waals surface area (Å²) in [6.07, 6.45) is 0.846. The largest absolute Gasteiger partial charge is 0.309 e. The van der Waals surface area contributed by atoms with Crippen LogP contribution in [0.1, 0.15) is 26.0 Å². The Morgan fingerprint density at radius 1 is 1.29 bits per heavy atom. The van der Waals surface area contributed by atoms with E-state index in [0.717, 1.165) is 35.2 Å². The first kappa shape index (κ1) is 14.0. The molecule has 1 aliphatic heterocycles. The van der Waals surface area contributed by atoms with Crippen molar-refractivity contribution >= 4 is 22.5 Å². The van der Waals surface area contributed by atoms with Crippen LogP contribution in [0.15, 0.2) is 30.3 Å². The van der Waals surface area contributed by atoms with Crippen LogP contribution in [0.4, 0.5) is 5.69 Å². The number of carbonyl (C=O) groups is 1. The smallest absolute Gasteiger partial charge is 0.244 e. The second kappa shape index (κ2) is 5.45. The third kappa shape index (κ3) is 2.63. The topological polar surface area (TPSA) is 45.2 Å². The molecule has 1 aromatic heterocycles. The number of aromatic nitrogens is 1. The van der Waals surface area contributed by atoms with Crippen molar-refractivity contribution in [1.29, 1.82) is 0 Å². The number of pyridine rings is 1. The summed E-state index contributed by atoms with van der Waals surface area (Å²) in [5.74, 6) is 0.152. The third-order valence-electron chi connectivity index (χ3n) is 3.87. The van der Waals surface area contributed by atoms with Crippen molar-refractivity contribution in [2.75, 3.05) is 11.4 Å². The molecule has 21 heavy (non-hydrogen) atoms.